The third-order valence-electron chi connectivity index (χ3n) is 2.63. The van der Waals surface area contributed by atoms with E-state index >= 15 is 0 Å². The number of aryl methyl sites for hydroxylation is 1. The fourth-order valence-electron chi connectivity index (χ4n) is 1.97. The fraction of sp³-hybridized carbons (Fsp3) is 0.333. The van der Waals surface area contributed by atoms with Gasteiger partial charge in [-0.3, -0.25) is 0 Å². The highest BCUT2D eigenvalue weighted by molar-refractivity contribution is 5.53. The Hall–Kier alpha value is -1.28. The summed E-state index contributed by atoms with van der Waals surface area (Å²) in [4.78, 5) is 0. The molecule has 0 unspecified atom stereocenters. The summed E-state index contributed by atoms with van der Waals surface area (Å²) in [5.41, 5.74) is 4.06. The van der Waals surface area contributed by atoms with E-state index in [0.29, 0.717) is 0 Å². The maximum absolute atomic E-state index is 3.69. The van der Waals surface area contributed by atoms with Crippen LogP contribution in [0, 0.1) is 6.92 Å². The molecule has 14 heavy (non-hydrogen) atoms. The van der Waals surface area contributed by atoms with Crippen molar-refractivity contribution in [1.82, 2.24) is 9.88 Å². The second kappa shape index (κ2) is 3.84. The second-order valence-corrected chi connectivity index (χ2v) is 3.63. The van der Waals surface area contributed by atoms with Crippen LogP contribution in [0.15, 0.2) is 24.8 Å². The normalized spacial score (nSPS) is 15.8. The van der Waals surface area contributed by atoms with Crippen LogP contribution in [0.25, 0.3) is 6.08 Å². The van der Waals surface area contributed by atoms with Crippen molar-refractivity contribution in [2.75, 3.05) is 6.54 Å². The van der Waals surface area contributed by atoms with E-state index in [-0.39, 0.29) is 0 Å². The third kappa shape index (κ3) is 1.53. The van der Waals surface area contributed by atoms with E-state index in [0.717, 1.165) is 19.6 Å². The predicted molar refractivity (Wildman–Crippen MR) is 60.1 cm³/mol. The van der Waals surface area contributed by atoms with Crippen LogP contribution in [0.1, 0.15) is 17.0 Å². The van der Waals surface area contributed by atoms with Crippen molar-refractivity contribution >= 4 is 6.08 Å². The van der Waals surface area contributed by atoms with E-state index in [1.165, 1.54) is 17.0 Å². The molecule has 0 atom stereocenters. The Morgan fingerprint density at radius 2 is 2.43 bits per heavy atom. The fourth-order valence-corrected chi connectivity index (χ4v) is 1.97. The van der Waals surface area contributed by atoms with Gasteiger partial charge in [0.15, 0.2) is 0 Å². The monoisotopic (exact) mass is 188 g/mol. The van der Waals surface area contributed by atoms with Crippen LogP contribution in [0.4, 0.5) is 0 Å². The molecule has 1 aromatic heterocycles. The van der Waals surface area contributed by atoms with Crippen LogP contribution in [-0.2, 0) is 13.1 Å². The van der Waals surface area contributed by atoms with Crippen LogP contribution in [0.5, 0.6) is 0 Å². The summed E-state index contributed by atoms with van der Waals surface area (Å²) in [6.45, 7) is 8.98. The quantitative estimate of drug-likeness (QED) is 0.703. The Labute approximate surface area is 84.9 Å². The summed E-state index contributed by atoms with van der Waals surface area (Å²) in [7, 11) is 0. The van der Waals surface area contributed by atoms with E-state index in [1.807, 2.05) is 12.2 Å². The lowest BCUT2D eigenvalue weighted by Gasteiger charge is -2.18. The number of rotatable bonds is 2. The van der Waals surface area contributed by atoms with E-state index in [1.54, 1.807) is 0 Å². The van der Waals surface area contributed by atoms with Gasteiger partial charge in [0.25, 0.3) is 0 Å². The first-order valence-corrected chi connectivity index (χ1v) is 5.02. The molecule has 74 valence electrons. The van der Waals surface area contributed by atoms with Crippen molar-refractivity contribution in [2.45, 2.75) is 20.0 Å². The highest BCUT2D eigenvalue weighted by Gasteiger charge is 2.12. The van der Waals surface area contributed by atoms with Gasteiger partial charge in [0, 0.05) is 31.0 Å². The standard InChI is InChI=1S/C12H16N2/c1-3-4-5-12-10(2)8-11-9-13-6-7-14(11)12/h3-5,8,13H,1,6-7,9H2,2H3/b5-4-. The zero-order chi connectivity index (χ0) is 9.97. The Kier molecular flexibility index (Phi) is 2.55. The van der Waals surface area contributed by atoms with Gasteiger partial charge in [-0.1, -0.05) is 18.7 Å². The molecule has 2 heteroatoms. The number of fused-ring (bicyclic) bond motifs is 1. The Bertz CT molecular complexity index is 372. The molecule has 0 aromatic carbocycles. The summed E-state index contributed by atoms with van der Waals surface area (Å²) in [6.07, 6.45) is 5.95. The molecular formula is C12H16N2. The summed E-state index contributed by atoms with van der Waals surface area (Å²) in [5, 5.41) is 3.37. The molecule has 0 amide bonds. The molecule has 1 aromatic rings. The molecule has 1 aliphatic rings. The van der Waals surface area contributed by atoms with Gasteiger partial charge >= 0.3 is 0 Å². The van der Waals surface area contributed by atoms with Crippen molar-refractivity contribution in [3.8, 4) is 0 Å². The minimum absolute atomic E-state index is 0.989. The first-order chi connectivity index (χ1) is 6.83. The van der Waals surface area contributed by atoms with Crippen molar-refractivity contribution in [1.29, 1.82) is 0 Å². The molecule has 2 nitrogen and oxygen atoms in total. The molecule has 0 spiro atoms. The van der Waals surface area contributed by atoms with Gasteiger partial charge < -0.3 is 9.88 Å². The molecule has 2 heterocycles. The summed E-state index contributed by atoms with van der Waals surface area (Å²) >= 11 is 0. The second-order valence-electron chi connectivity index (χ2n) is 3.63. The van der Waals surface area contributed by atoms with Crippen LogP contribution in [-0.4, -0.2) is 11.1 Å². The molecule has 0 bridgehead atoms. The van der Waals surface area contributed by atoms with Crippen molar-refractivity contribution < 1.29 is 0 Å². The molecule has 2 rings (SSSR count). The highest BCUT2D eigenvalue weighted by atomic mass is 15.1. The zero-order valence-corrected chi connectivity index (χ0v) is 8.59. The SMILES string of the molecule is C=C/C=C\c1c(C)cc2n1CCNC2. The van der Waals surface area contributed by atoms with Gasteiger partial charge in [-0.2, -0.15) is 0 Å². The van der Waals surface area contributed by atoms with Crippen LogP contribution < -0.4 is 5.32 Å². The number of nitrogens with one attached hydrogen (secondary N) is 1. The Balaban J connectivity index is 2.42. The summed E-state index contributed by atoms with van der Waals surface area (Å²) < 4.78 is 2.38. The van der Waals surface area contributed by atoms with E-state index in [9.17, 15) is 0 Å². The predicted octanol–water partition coefficient (Wildman–Crippen LogP) is 2.10. The molecule has 0 fully saturated rings. The number of nitrogens with zero attached hydrogens (tertiary/aromatic N) is 1. The van der Waals surface area contributed by atoms with Gasteiger partial charge in [-0.15, -0.1) is 0 Å². The lowest BCUT2D eigenvalue weighted by atomic mass is 10.2. The van der Waals surface area contributed by atoms with Crippen LogP contribution in [0.2, 0.25) is 0 Å². The number of hydrogen-bond donors (Lipinski definition) is 1. The zero-order valence-electron chi connectivity index (χ0n) is 8.59. The van der Waals surface area contributed by atoms with Crippen LogP contribution >= 0.6 is 0 Å². The minimum Gasteiger partial charge on any atom is -0.342 e. The van der Waals surface area contributed by atoms with Crippen molar-refractivity contribution in [2.24, 2.45) is 0 Å². The van der Waals surface area contributed by atoms with Gasteiger partial charge in [0.1, 0.15) is 0 Å². The topological polar surface area (TPSA) is 17.0 Å². The first-order valence-electron chi connectivity index (χ1n) is 5.02. The highest BCUT2D eigenvalue weighted by Crippen LogP contribution is 2.18. The average Bonchev–Trinajstić information content (AvgIpc) is 2.51. The minimum atomic E-state index is 0.989. The van der Waals surface area contributed by atoms with E-state index < -0.39 is 0 Å². The van der Waals surface area contributed by atoms with E-state index in [2.05, 4.69) is 35.5 Å². The first kappa shape index (κ1) is 9.28. The molecule has 0 radical (unpaired) electrons. The molecule has 1 N–H and O–H groups in total. The number of allylic oxidation sites excluding steroid dienone is 2. The largest absolute Gasteiger partial charge is 0.342 e. The molecular weight excluding hydrogens is 172 g/mol. The third-order valence-corrected chi connectivity index (χ3v) is 2.63. The average molecular weight is 188 g/mol. The molecule has 0 saturated carbocycles. The van der Waals surface area contributed by atoms with Crippen LogP contribution in [0.3, 0.4) is 0 Å². The van der Waals surface area contributed by atoms with Gasteiger partial charge in [-0.05, 0) is 24.6 Å². The Morgan fingerprint density at radius 1 is 1.57 bits per heavy atom. The maximum Gasteiger partial charge on any atom is 0.0439 e. The van der Waals surface area contributed by atoms with Gasteiger partial charge in [-0.25, -0.2) is 0 Å². The van der Waals surface area contributed by atoms with E-state index in [4.69, 9.17) is 0 Å². The number of aromatic nitrogens is 1. The lowest BCUT2D eigenvalue weighted by molar-refractivity contribution is 0.514. The molecule has 1 aliphatic heterocycles. The molecule has 0 aliphatic carbocycles. The lowest BCUT2D eigenvalue weighted by Crippen LogP contribution is -2.28. The van der Waals surface area contributed by atoms with Crippen molar-refractivity contribution in [3.63, 3.8) is 0 Å². The van der Waals surface area contributed by atoms with Gasteiger partial charge in [0.05, 0.1) is 0 Å². The smallest absolute Gasteiger partial charge is 0.0439 e. The Morgan fingerprint density at radius 3 is 3.21 bits per heavy atom. The van der Waals surface area contributed by atoms with Gasteiger partial charge in [0.2, 0.25) is 0 Å². The summed E-state index contributed by atoms with van der Waals surface area (Å²) in [5.74, 6) is 0. The number of hydrogen-bond acceptors (Lipinski definition) is 1. The maximum atomic E-state index is 3.69. The van der Waals surface area contributed by atoms with Crippen molar-refractivity contribution in [3.05, 3.63) is 41.7 Å². The molecule has 0 saturated heterocycles. The summed E-state index contributed by atoms with van der Waals surface area (Å²) in [6, 6.07) is 2.26.